The average Bonchev–Trinajstić information content (AvgIpc) is 2.53. The van der Waals surface area contributed by atoms with Crippen LogP contribution in [0.3, 0.4) is 0 Å². The molecule has 136 valence electrons. The molecule has 1 heterocycles. The molecule has 0 spiro atoms. The maximum absolute atomic E-state index is 12.1. The van der Waals surface area contributed by atoms with Crippen LogP contribution in [0.2, 0.25) is 0 Å². The molecule has 6 heteroatoms. The highest BCUT2D eigenvalue weighted by Crippen LogP contribution is 2.28. The first-order chi connectivity index (χ1) is 10.7. The number of nitrogens with one attached hydrogen (secondary N) is 2. The molecule has 1 aliphatic carbocycles. The van der Waals surface area contributed by atoms with Crippen LogP contribution in [-0.2, 0) is 14.3 Å². The molecule has 2 atom stereocenters. The molecule has 2 N–H and O–H groups in total. The lowest BCUT2D eigenvalue weighted by Gasteiger charge is -2.37. The summed E-state index contributed by atoms with van der Waals surface area (Å²) in [6.07, 6.45) is 7.17. The minimum Gasteiger partial charge on any atom is -0.384 e. The Labute approximate surface area is 146 Å². The SMILES string of the molecule is COCC1(CNC(=O)COC2CCCCC2C)CCNCC1.Cl. The summed E-state index contributed by atoms with van der Waals surface area (Å²) in [5, 5.41) is 6.43. The van der Waals surface area contributed by atoms with Gasteiger partial charge in [0, 0.05) is 19.1 Å². The number of ether oxygens (including phenoxy) is 2. The Hall–Kier alpha value is -0.360. The van der Waals surface area contributed by atoms with Crippen molar-refractivity contribution in [1.82, 2.24) is 10.6 Å². The highest BCUT2D eigenvalue weighted by Gasteiger charge is 2.32. The molecule has 0 aromatic heterocycles. The third kappa shape index (κ3) is 6.57. The second-order valence-corrected chi connectivity index (χ2v) is 7.07. The van der Waals surface area contributed by atoms with Gasteiger partial charge in [0.2, 0.25) is 5.91 Å². The summed E-state index contributed by atoms with van der Waals surface area (Å²) >= 11 is 0. The van der Waals surface area contributed by atoms with Crippen molar-refractivity contribution in [2.24, 2.45) is 11.3 Å². The first kappa shape index (κ1) is 20.7. The topological polar surface area (TPSA) is 59.6 Å². The van der Waals surface area contributed by atoms with E-state index >= 15 is 0 Å². The summed E-state index contributed by atoms with van der Waals surface area (Å²) in [7, 11) is 1.74. The summed E-state index contributed by atoms with van der Waals surface area (Å²) in [5.74, 6) is 0.581. The number of hydrogen-bond acceptors (Lipinski definition) is 4. The van der Waals surface area contributed by atoms with Gasteiger partial charge in [0.15, 0.2) is 0 Å². The summed E-state index contributed by atoms with van der Waals surface area (Å²) < 4.78 is 11.2. The van der Waals surface area contributed by atoms with Gasteiger partial charge >= 0.3 is 0 Å². The second-order valence-electron chi connectivity index (χ2n) is 7.07. The van der Waals surface area contributed by atoms with Crippen LogP contribution >= 0.6 is 12.4 Å². The molecule has 1 saturated carbocycles. The van der Waals surface area contributed by atoms with Crippen LogP contribution in [0.1, 0.15) is 45.4 Å². The van der Waals surface area contributed by atoms with Crippen molar-refractivity contribution >= 4 is 18.3 Å². The molecule has 2 unspecified atom stereocenters. The van der Waals surface area contributed by atoms with Crippen LogP contribution < -0.4 is 10.6 Å². The van der Waals surface area contributed by atoms with Crippen LogP contribution in [0.5, 0.6) is 0 Å². The number of halogens is 1. The third-order valence-corrected chi connectivity index (χ3v) is 5.24. The Kier molecular flexibility index (Phi) is 9.44. The Balaban J connectivity index is 0.00000264. The minimum atomic E-state index is 0. The Bertz CT molecular complexity index is 343. The Morgan fingerprint density at radius 1 is 1.26 bits per heavy atom. The number of carbonyl (C=O) groups excluding carboxylic acids is 1. The molecule has 1 saturated heterocycles. The molecule has 1 aliphatic heterocycles. The summed E-state index contributed by atoms with van der Waals surface area (Å²) in [6.45, 7) is 5.80. The van der Waals surface area contributed by atoms with E-state index in [1.807, 2.05) is 0 Å². The molecule has 1 amide bonds. The number of carbonyl (C=O) groups is 1. The normalized spacial score (nSPS) is 27.0. The van der Waals surface area contributed by atoms with E-state index in [1.54, 1.807) is 7.11 Å². The highest BCUT2D eigenvalue weighted by atomic mass is 35.5. The van der Waals surface area contributed by atoms with E-state index < -0.39 is 0 Å². The largest absolute Gasteiger partial charge is 0.384 e. The van der Waals surface area contributed by atoms with Gasteiger partial charge in [-0.05, 0) is 44.7 Å². The van der Waals surface area contributed by atoms with Crippen LogP contribution in [0.15, 0.2) is 0 Å². The summed E-state index contributed by atoms with van der Waals surface area (Å²) in [6, 6.07) is 0. The van der Waals surface area contributed by atoms with Gasteiger partial charge < -0.3 is 20.1 Å². The molecule has 5 nitrogen and oxygen atoms in total. The van der Waals surface area contributed by atoms with Crippen molar-refractivity contribution in [3.05, 3.63) is 0 Å². The maximum Gasteiger partial charge on any atom is 0.246 e. The first-order valence-electron chi connectivity index (χ1n) is 8.73. The van der Waals surface area contributed by atoms with Gasteiger partial charge in [-0.2, -0.15) is 0 Å². The zero-order valence-corrected chi connectivity index (χ0v) is 15.4. The van der Waals surface area contributed by atoms with Crippen molar-refractivity contribution in [2.45, 2.75) is 51.6 Å². The van der Waals surface area contributed by atoms with Crippen molar-refractivity contribution in [3.63, 3.8) is 0 Å². The fourth-order valence-electron chi connectivity index (χ4n) is 3.69. The minimum absolute atomic E-state index is 0. The highest BCUT2D eigenvalue weighted by molar-refractivity contribution is 5.85. The molecular formula is C17H33ClN2O3. The van der Waals surface area contributed by atoms with Gasteiger partial charge in [-0.25, -0.2) is 0 Å². The smallest absolute Gasteiger partial charge is 0.246 e. The van der Waals surface area contributed by atoms with Crippen molar-refractivity contribution < 1.29 is 14.3 Å². The van der Waals surface area contributed by atoms with Crippen LogP contribution in [0.25, 0.3) is 0 Å². The van der Waals surface area contributed by atoms with Crippen molar-refractivity contribution in [3.8, 4) is 0 Å². The number of methoxy groups -OCH3 is 1. The zero-order valence-electron chi connectivity index (χ0n) is 14.6. The number of piperidine rings is 1. The van der Waals surface area contributed by atoms with E-state index in [4.69, 9.17) is 9.47 Å². The summed E-state index contributed by atoms with van der Waals surface area (Å²) in [4.78, 5) is 12.1. The lowest BCUT2D eigenvalue weighted by Crippen LogP contribution is -2.48. The molecule has 0 bridgehead atoms. The third-order valence-electron chi connectivity index (χ3n) is 5.24. The second kappa shape index (κ2) is 10.5. The standard InChI is InChI=1S/C17H32N2O3.ClH/c1-14-5-3-4-6-15(14)22-11-16(20)19-12-17(13-21-2)7-9-18-10-8-17;/h14-15,18H,3-13H2,1-2H3,(H,19,20);1H. The Morgan fingerprint density at radius 3 is 2.61 bits per heavy atom. The van der Waals surface area contributed by atoms with Gasteiger partial charge in [-0.3, -0.25) is 4.79 Å². The van der Waals surface area contributed by atoms with E-state index in [0.717, 1.165) is 32.4 Å². The number of rotatable bonds is 7. The van der Waals surface area contributed by atoms with Gasteiger partial charge in [0.25, 0.3) is 0 Å². The fraction of sp³-hybridized carbons (Fsp3) is 0.941. The predicted octanol–water partition coefficient (Wildman–Crippen LogP) is 2.14. The first-order valence-corrected chi connectivity index (χ1v) is 8.73. The van der Waals surface area contributed by atoms with Gasteiger partial charge in [-0.1, -0.05) is 19.8 Å². The van der Waals surface area contributed by atoms with Crippen LogP contribution in [-0.4, -0.2) is 52.0 Å². The van der Waals surface area contributed by atoms with Crippen molar-refractivity contribution in [2.75, 3.05) is 40.0 Å². The number of amides is 1. The quantitative estimate of drug-likeness (QED) is 0.740. The molecule has 0 aromatic carbocycles. The average molecular weight is 349 g/mol. The lowest BCUT2D eigenvalue weighted by atomic mass is 9.79. The van der Waals surface area contributed by atoms with E-state index in [-0.39, 0.29) is 36.4 Å². The molecule has 2 aliphatic rings. The molecule has 23 heavy (non-hydrogen) atoms. The molecular weight excluding hydrogens is 316 g/mol. The van der Waals surface area contributed by atoms with Crippen molar-refractivity contribution in [1.29, 1.82) is 0 Å². The maximum atomic E-state index is 12.1. The van der Waals surface area contributed by atoms with E-state index in [0.29, 0.717) is 19.1 Å². The van der Waals surface area contributed by atoms with E-state index in [9.17, 15) is 4.79 Å². The van der Waals surface area contributed by atoms with E-state index in [1.165, 1.54) is 19.3 Å². The molecule has 2 fully saturated rings. The van der Waals surface area contributed by atoms with Crippen LogP contribution in [0, 0.1) is 11.3 Å². The van der Waals surface area contributed by atoms with Gasteiger partial charge in [0.05, 0.1) is 12.7 Å². The van der Waals surface area contributed by atoms with Crippen LogP contribution in [0.4, 0.5) is 0 Å². The molecule has 0 radical (unpaired) electrons. The monoisotopic (exact) mass is 348 g/mol. The van der Waals surface area contributed by atoms with Gasteiger partial charge in [0.1, 0.15) is 6.61 Å². The van der Waals surface area contributed by atoms with Gasteiger partial charge in [-0.15, -0.1) is 12.4 Å². The number of hydrogen-bond donors (Lipinski definition) is 2. The Morgan fingerprint density at radius 2 is 1.96 bits per heavy atom. The lowest BCUT2D eigenvalue weighted by molar-refractivity contribution is -0.130. The zero-order chi connectivity index (χ0) is 15.8. The summed E-state index contributed by atoms with van der Waals surface area (Å²) in [5.41, 5.74) is 0.0772. The molecule has 2 rings (SSSR count). The van der Waals surface area contributed by atoms with E-state index in [2.05, 4.69) is 17.6 Å². The fourth-order valence-corrected chi connectivity index (χ4v) is 3.69. The molecule has 0 aromatic rings. The predicted molar refractivity (Wildman–Crippen MR) is 94.0 cm³/mol.